The first-order chi connectivity index (χ1) is 9.67. The quantitative estimate of drug-likeness (QED) is 0.738. The molecule has 0 radical (unpaired) electrons. The van der Waals surface area contributed by atoms with Crippen LogP contribution in [0, 0.1) is 5.82 Å². The number of halogens is 1. The van der Waals surface area contributed by atoms with Gasteiger partial charge in [-0.3, -0.25) is 4.79 Å². The average molecular weight is 288 g/mol. The molecule has 20 heavy (non-hydrogen) atoms. The van der Waals surface area contributed by atoms with E-state index in [0.717, 1.165) is 16.9 Å². The van der Waals surface area contributed by atoms with Gasteiger partial charge < -0.3 is 0 Å². The maximum absolute atomic E-state index is 13.0. The maximum Gasteiger partial charge on any atom is 0.147 e. The molecule has 0 heterocycles. The number of ketones is 1. The molecule has 104 valence electrons. The van der Waals surface area contributed by atoms with Crippen LogP contribution >= 0.6 is 11.8 Å². The van der Waals surface area contributed by atoms with E-state index in [1.54, 1.807) is 6.07 Å². The molecule has 3 heteroatoms. The van der Waals surface area contributed by atoms with E-state index in [4.69, 9.17) is 0 Å². The number of Topliss-reactive ketones (excluding diaryl/α,β-unsaturated/α-hetero) is 1. The van der Waals surface area contributed by atoms with Crippen molar-refractivity contribution in [3.8, 4) is 0 Å². The average Bonchev–Trinajstić information content (AvgIpc) is 2.46. The first-order valence-corrected chi connectivity index (χ1v) is 7.64. The summed E-state index contributed by atoms with van der Waals surface area (Å²) >= 11 is 1.38. The van der Waals surface area contributed by atoms with Crippen LogP contribution < -0.4 is 0 Å². The summed E-state index contributed by atoms with van der Waals surface area (Å²) in [7, 11) is 0. The second kappa shape index (κ2) is 7.25. The van der Waals surface area contributed by atoms with E-state index >= 15 is 0 Å². The molecule has 0 spiro atoms. The lowest BCUT2D eigenvalue weighted by molar-refractivity contribution is -0.116. The van der Waals surface area contributed by atoms with Crippen LogP contribution in [0.5, 0.6) is 0 Å². The zero-order chi connectivity index (χ0) is 14.4. The number of carbonyl (C=O) groups is 1. The van der Waals surface area contributed by atoms with Crippen molar-refractivity contribution in [1.29, 1.82) is 0 Å². The second-order valence-corrected chi connectivity index (χ2v) is 5.68. The van der Waals surface area contributed by atoms with Crippen molar-refractivity contribution in [3.05, 3.63) is 65.5 Å². The molecule has 0 aliphatic rings. The fraction of sp³-hybridized carbons (Fsp3) is 0.235. The Bertz CT molecular complexity index is 578. The highest BCUT2D eigenvalue weighted by atomic mass is 32.2. The van der Waals surface area contributed by atoms with E-state index in [1.807, 2.05) is 18.2 Å². The summed E-state index contributed by atoms with van der Waals surface area (Å²) in [6, 6.07) is 14.5. The Hall–Kier alpha value is -1.61. The largest absolute Gasteiger partial charge is 0.298 e. The van der Waals surface area contributed by atoms with Gasteiger partial charge in [-0.1, -0.05) is 37.3 Å². The Morgan fingerprint density at radius 3 is 2.45 bits per heavy atom. The van der Waals surface area contributed by atoms with Gasteiger partial charge in [-0.05, 0) is 35.7 Å². The predicted molar refractivity (Wildman–Crippen MR) is 81.7 cm³/mol. The van der Waals surface area contributed by atoms with Crippen molar-refractivity contribution in [2.75, 3.05) is 5.75 Å². The molecule has 0 aliphatic carbocycles. The zero-order valence-corrected chi connectivity index (χ0v) is 12.3. The minimum absolute atomic E-state index is 0.156. The highest BCUT2D eigenvalue weighted by Gasteiger charge is 2.05. The molecule has 0 aromatic heterocycles. The number of benzene rings is 2. The van der Waals surface area contributed by atoms with Gasteiger partial charge in [-0.2, -0.15) is 0 Å². The van der Waals surface area contributed by atoms with Crippen LogP contribution in [0.4, 0.5) is 4.39 Å². The minimum Gasteiger partial charge on any atom is -0.298 e. The highest BCUT2D eigenvalue weighted by molar-refractivity contribution is 8.00. The maximum atomic E-state index is 13.0. The van der Waals surface area contributed by atoms with Crippen LogP contribution in [0.15, 0.2) is 53.4 Å². The van der Waals surface area contributed by atoms with Crippen LogP contribution in [0.25, 0.3) is 0 Å². The molecule has 0 aliphatic heterocycles. The van der Waals surface area contributed by atoms with E-state index in [2.05, 4.69) is 19.1 Å². The number of hydrogen-bond acceptors (Lipinski definition) is 2. The van der Waals surface area contributed by atoms with Gasteiger partial charge in [0.25, 0.3) is 0 Å². The molecule has 0 unspecified atom stereocenters. The Kier molecular flexibility index (Phi) is 5.36. The number of hydrogen-bond donors (Lipinski definition) is 0. The molecule has 0 saturated carbocycles. The SMILES string of the molecule is CCc1ccc(CC(=O)CSc2cccc(F)c2)cc1. The van der Waals surface area contributed by atoms with Crippen molar-refractivity contribution < 1.29 is 9.18 Å². The molecule has 2 aromatic rings. The van der Waals surface area contributed by atoms with Crippen molar-refractivity contribution in [2.45, 2.75) is 24.7 Å². The summed E-state index contributed by atoms with van der Waals surface area (Å²) in [6.45, 7) is 2.11. The van der Waals surface area contributed by atoms with E-state index < -0.39 is 0 Å². The molecule has 0 fully saturated rings. The second-order valence-electron chi connectivity index (χ2n) is 4.63. The lowest BCUT2D eigenvalue weighted by atomic mass is 10.1. The number of thioether (sulfide) groups is 1. The third-order valence-corrected chi connectivity index (χ3v) is 4.08. The van der Waals surface area contributed by atoms with E-state index in [-0.39, 0.29) is 11.6 Å². The van der Waals surface area contributed by atoms with Gasteiger partial charge in [-0.25, -0.2) is 4.39 Å². The normalized spacial score (nSPS) is 10.5. The molecule has 0 amide bonds. The van der Waals surface area contributed by atoms with Crippen molar-refractivity contribution in [1.82, 2.24) is 0 Å². The van der Waals surface area contributed by atoms with Crippen LogP contribution in [-0.2, 0) is 17.6 Å². The summed E-state index contributed by atoms with van der Waals surface area (Å²) in [6.07, 6.45) is 1.44. The molecule has 0 atom stereocenters. The number of aryl methyl sites for hydroxylation is 1. The first kappa shape index (κ1) is 14.8. The van der Waals surface area contributed by atoms with Gasteiger partial charge in [-0.15, -0.1) is 11.8 Å². The third-order valence-electron chi connectivity index (χ3n) is 3.03. The highest BCUT2D eigenvalue weighted by Crippen LogP contribution is 2.19. The summed E-state index contributed by atoms with van der Waals surface area (Å²) in [5.74, 6) is 0.264. The molecule has 0 N–H and O–H groups in total. The molecule has 0 bridgehead atoms. The van der Waals surface area contributed by atoms with Gasteiger partial charge in [0.1, 0.15) is 11.6 Å². The Labute approximate surface area is 123 Å². The van der Waals surface area contributed by atoms with Gasteiger partial charge in [0.15, 0.2) is 0 Å². The lowest BCUT2D eigenvalue weighted by Crippen LogP contribution is -2.05. The monoisotopic (exact) mass is 288 g/mol. The molecule has 0 saturated heterocycles. The number of rotatable bonds is 6. The predicted octanol–water partition coefficient (Wildman–Crippen LogP) is 4.29. The van der Waals surface area contributed by atoms with E-state index in [0.29, 0.717) is 12.2 Å². The fourth-order valence-corrected chi connectivity index (χ4v) is 2.69. The smallest absolute Gasteiger partial charge is 0.147 e. The van der Waals surface area contributed by atoms with E-state index in [1.165, 1.54) is 29.5 Å². The van der Waals surface area contributed by atoms with Crippen LogP contribution in [0.3, 0.4) is 0 Å². The Morgan fingerprint density at radius 2 is 1.80 bits per heavy atom. The van der Waals surface area contributed by atoms with Gasteiger partial charge in [0, 0.05) is 11.3 Å². The van der Waals surface area contributed by atoms with Crippen LogP contribution in [-0.4, -0.2) is 11.5 Å². The van der Waals surface area contributed by atoms with Crippen LogP contribution in [0.1, 0.15) is 18.1 Å². The summed E-state index contributed by atoms with van der Waals surface area (Å²) < 4.78 is 13.0. The minimum atomic E-state index is -0.266. The topological polar surface area (TPSA) is 17.1 Å². The van der Waals surface area contributed by atoms with Crippen molar-refractivity contribution in [3.63, 3.8) is 0 Å². The summed E-state index contributed by atoms with van der Waals surface area (Å²) in [5, 5.41) is 0. The Balaban J connectivity index is 1.85. The first-order valence-electron chi connectivity index (χ1n) is 6.65. The van der Waals surface area contributed by atoms with Gasteiger partial charge >= 0.3 is 0 Å². The summed E-state index contributed by atoms with van der Waals surface area (Å²) in [4.78, 5) is 12.7. The van der Waals surface area contributed by atoms with E-state index in [9.17, 15) is 9.18 Å². The number of carbonyl (C=O) groups excluding carboxylic acids is 1. The molecular formula is C17H17FOS. The Morgan fingerprint density at radius 1 is 1.10 bits per heavy atom. The van der Waals surface area contributed by atoms with Crippen molar-refractivity contribution in [2.24, 2.45) is 0 Å². The van der Waals surface area contributed by atoms with Crippen molar-refractivity contribution >= 4 is 17.5 Å². The lowest BCUT2D eigenvalue weighted by Gasteiger charge is -2.03. The fourth-order valence-electron chi connectivity index (χ4n) is 1.89. The molecule has 1 nitrogen and oxygen atoms in total. The third kappa shape index (κ3) is 4.49. The zero-order valence-electron chi connectivity index (χ0n) is 11.4. The van der Waals surface area contributed by atoms with Gasteiger partial charge in [0.05, 0.1) is 5.75 Å². The van der Waals surface area contributed by atoms with Crippen LogP contribution in [0.2, 0.25) is 0 Å². The van der Waals surface area contributed by atoms with Gasteiger partial charge in [0.2, 0.25) is 0 Å². The standard InChI is InChI=1S/C17H17FOS/c1-2-13-6-8-14(9-7-13)10-16(19)12-20-17-5-3-4-15(18)11-17/h3-9,11H,2,10,12H2,1H3. The molecule has 2 rings (SSSR count). The molecule has 2 aromatic carbocycles. The summed E-state index contributed by atoms with van der Waals surface area (Å²) in [5.41, 5.74) is 2.31. The molecular weight excluding hydrogens is 271 g/mol.